The van der Waals surface area contributed by atoms with Crippen molar-refractivity contribution in [2.75, 3.05) is 7.05 Å². The van der Waals surface area contributed by atoms with Gasteiger partial charge in [0.2, 0.25) is 5.76 Å². The van der Waals surface area contributed by atoms with Gasteiger partial charge in [0.1, 0.15) is 0 Å². The number of hydrogen-bond acceptors (Lipinski definition) is 5. The number of carboxylic acids is 1. The quantitative estimate of drug-likeness (QED) is 0.937. The Bertz CT molecular complexity index is 622. The van der Waals surface area contributed by atoms with E-state index >= 15 is 0 Å². The van der Waals surface area contributed by atoms with Crippen molar-refractivity contribution in [2.45, 2.75) is 6.54 Å². The number of aromatic nitrogens is 1. The van der Waals surface area contributed by atoms with E-state index in [0.29, 0.717) is 10.9 Å². The second-order valence-corrected chi connectivity index (χ2v) is 5.55. The van der Waals surface area contributed by atoms with Gasteiger partial charge < -0.3 is 14.5 Å². The molecule has 100 valence electrons. The standard InChI is InChI=1S/C11H9ClN2O4S/c1-14(5-6-2-3-9(12)19-6)10(15)7-4-8(11(16)17)18-13-7/h2-4H,5H2,1H3,(H,16,17). The molecule has 0 aliphatic heterocycles. The molecule has 6 nitrogen and oxygen atoms in total. The van der Waals surface area contributed by atoms with Gasteiger partial charge in [0.25, 0.3) is 5.91 Å². The molecule has 0 aromatic carbocycles. The van der Waals surface area contributed by atoms with Crippen molar-refractivity contribution in [3.8, 4) is 0 Å². The lowest BCUT2D eigenvalue weighted by molar-refractivity contribution is 0.0649. The fourth-order valence-electron chi connectivity index (χ4n) is 1.41. The van der Waals surface area contributed by atoms with Crippen LogP contribution in [0, 0.1) is 0 Å². The lowest BCUT2D eigenvalue weighted by Gasteiger charge is -2.13. The van der Waals surface area contributed by atoms with Crippen molar-refractivity contribution in [3.05, 3.63) is 38.9 Å². The SMILES string of the molecule is CN(Cc1ccc(Cl)s1)C(=O)c1cc(C(=O)O)on1. The van der Waals surface area contributed by atoms with Crippen LogP contribution < -0.4 is 0 Å². The summed E-state index contributed by atoms with van der Waals surface area (Å²) in [4.78, 5) is 24.9. The zero-order valence-electron chi connectivity index (χ0n) is 9.79. The highest BCUT2D eigenvalue weighted by atomic mass is 35.5. The topological polar surface area (TPSA) is 83.6 Å². The average molecular weight is 301 g/mol. The summed E-state index contributed by atoms with van der Waals surface area (Å²) >= 11 is 7.17. The molecule has 0 aliphatic carbocycles. The zero-order valence-corrected chi connectivity index (χ0v) is 11.4. The van der Waals surface area contributed by atoms with E-state index in [9.17, 15) is 9.59 Å². The Morgan fingerprint density at radius 3 is 2.79 bits per heavy atom. The summed E-state index contributed by atoms with van der Waals surface area (Å²) in [6.45, 7) is 0.367. The molecule has 8 heteroatoms. The number of halogens is 1. The van der Waals surface area contributed by atoms with Crippen LogP contribution >= 0.6 is 22.9 Å². The summed E-state index contributed by atoms with van der Waals surface area (Å²) in [7, 11) is 1.59. The Balaban J connectivity index is 2.07. The molecule has 0 saturated heterocycles. The molecule has 1 N–H and O–H groups in total. The molecule has 0 fully saturated rings. The number of carbonyl (C=O) groups is 2. The third kappa shape index (κ3) is 3.12. The molecule has 0 spiro atoms. The molecule has 0 unspecified atom stereocenters. The van der Waals surface area contributed by atoms with Gasteiger partial charge in [0.15, 0.2) is 5.69 Å². The third-order valence-electron chi connectivity index (χ3n) is 2.31. The van der Waals surface area contributed by atoms with Gasteiger partial charge in [0, 0.05) is 18.0 Å². The highest BCUT2D eigenvalue weighted by molar-refractivity contribution is 7.16. The summed E-state index contributed by atoms with van der Waals surface area (Å²) in [6.07, 6.45) is 0. The van der Waals surface area contributed by atoms with E-state index in [0.717, 1.165) is 10.9 Å². The van der Waals surface area contributed by atoms with Gasteiger partial charge in [-0.05, 0) is 12.1 Å². The smallest absolute Gasteiger partial charge is 0.374 e. The van der Waals surface area contributed by atoms with Crippen LogP contribution in [0.4, 0.5) is 0 Å². The summed E-state index contributed by atoms with van der Waals surface area (Å²) in [5, 5.41) is 12.1. The minimum atomic E-state index is -1.26. The lowest BCUT2D eigenvalue weighted by atomic mass is 10.3. The Kier molecular flexibility index (Phi) is 3.87. The predicted molar refractivity (Wildman–Crippen MR) is 68.6 cm³/mol. The number of thiophene rings is 1. The van der Waals surface area contributed by atoms with Gasteiger partial charge in [-0.3, -0.25) is 4.79 Å². The van der Waals surface area contributed by atoms with Crippen molar-refractivity contribution in [3.63, 3.8) is 0 Å². The minimum absolute atomic E-state index is 0.0393. The molecule has 0 saturated carbocycles. The number of hydrogen-bond donors (Lipinski definition) is 1. The summed E-state index contributed by atoms with van der Waals surface area (Å²) in [6, 6.07) is 4.67. The highest BCUT2D eigenvalue weighted by Gasteiger charge is 2.20. The van der Waals surface area contributed by atoms with Crippen LogP contribution in [0.15, 0.2) is 22.7 Å². The zero-order chi connectivity index (χ0) is 14.0. The Morgan fingerprint density at radius 2 is 2.26 bits per heavy atom. The second kappa shape index (κ2) is 5.41. The first-order valence-corrected chi connectivity index (χ1v) is 6.36. The lowest BCUT2D eigenvalue weighted by Crippen LogP contribution is -2.26. The third-order valence-corrected chi connectivity index (χ3v) is 3.52. The van der Waals surface area contributed by atoms with Crippen LogP contribution in [0.5, 0.6) is 0 Å². The Morgan fingerprint density at radius 1 is 1.53 bits per heavy atom. The highest BCUT2D eigenvalue weighted by Crippen LogP contribution is 2.22. The molecular formula is C11H9ClN2O4S. The van der Waals surface area contributed by atoms with E-state index in [-0.39, 0.29) is 11.5 Å². The number of aromatic carboxylic acids is 1. The maximum atomic E-state index is 12.0. The van der Waals surface area contributed by atoms with Crippen molar-refractivity contribution in [1.82, 2.24) is 10.1 Å². The molecule has 0 aliphatic rings. The van der Waals surface area contributed by atoms with Crippen LogP contribution in [0.2, 0.25) is 4.34 Å². The van der Waals surface area contributed by atoms with Crippen molar-refractivity contribution in [2.24, 2.45) is 0 Å². The Labute approximate surface area is 117 Å². The van der Waals surface area contributed by atoms with E-state index in [2.05, 4.69) is 9.68 Å². The van der Waals surface area contributed by atoms with E-state index in [1.807, 2.05) is 6.07 Å². The molecular weight excluding hydrogens is 292 g/mol. The van der Waals surface area contributed by atoms with Crippen LogP contribution in [-0.4, -0.2) is 34.1 Å². The van der Waals surface area contributed by atoms with Crippen LogP contribution in [0.25, 0.3) is 0 Å². The molecule has 0 bridgehead atoms. The van der Waals surface area contributed by atoms with Gasteiger partial charge in [-0.25, -0.2) is 4.79 Å². The number of carbonyl (C=O) groups excluding carboxylic acids is 1. The first kappa shape index (κ1) is 13.6. The van der Waals surface area contributed by atoms with Gasteiger partial charge in [0.05, 0.1) is 10.9 Å². The summed E-state index contributed by atoms with van der Waals surface area (Å²) in [5.74, 6) is -2.05. The van der Waals surface area contributed by atoms with Gasteiger partial charge in [-0.2, -0.15) is 0 Å². The first-order valence-electron chi connectivity index (χ1n) is 5.17. The number of rotatable bonds is 4. The van der Waals surface area contributed by atoms with Crippen LogP contribution in [0.3, 0.4) is 0 Å². The van der Waals surface area contributed by atoms with Gasteiger partial charge in [-0.1, -0.05) is 16.8 Å². The molecule has 19 heavy (non-hydrogen) atoms. The van der Waals surface area contributed by atoms with Crippen molar-refractivity contribution in [1.29, 1.82) is 0 Å². The van der Waals surface area contributed by atoms with Crippen LogP contribution in [-0.2, 0) is 6.54 Å². The molecule has 1 amide bonds. The minimum Gasteiger partial charge on any atom is -0.475 e. The predicted octanol–water partition coefficient (Wildman–Crippen LogP) is 2.36. The summed E-state index contributed by atoms with van der Waals surface area (Å²) in [5.41, 5.74) is -0.0393. The fraction of sp³-hybridized carbons (Fsp3) is 0.182. The number of amides is 1. The normalized spacial score (nSPS) is 10.4. The van der Waals surface area contributed by atoms with E-state index < -0.39 is 11.9 Å². The van der Waals surface area contributed by atoms with Crippen LogP contribution in [0.1, 0.15) is 25.9 Å². The molecule has 2 aromatic rings. The fourth-order valence-corrected chi connectivity index (χ4v) is 2.56. The maximum Gasteiger partial charge on any atom is 0.374 e. The molecule has 0 atom stereocenters. The average Bonchev–Trinajstić information content (AvgIpc) is 2.97. The first-order chi connectivity index (χ1) is 8.97. The second-order valence-electron chi connectivity index (χ2n) is 3.75. The number of nitrogens with zero attached hydrogens (tertiary/aromatic N) is 2. The van der Waals surface area contributed by atoms with E-state index in [1.54, 1.807) is 13.1 Å². The van der Waals surface area contributed by atoms with Gasteiger partial charge >= 0.3 is 5.97 Å². The largest absolute Gasteiger partial charge is 0.475 e. The van der Waals surface area contributed by atoms with Crippen molar-refractivity contribution >= 4 is 34.8 Å². The Hall–Kier alpha value is -1.86. The molecule has 2 rings (SSSR count). The maximum absolute atomic E-state index is 12.0. The molecule has 0 radical (unpaired) electrons. The molecule has 2 heterocycles. The van der Waals surface area contributed by atoms with E-state index in [1.165, 1.54) is 16.2 Å². The van der Waals surface area contributed by atoms with E-state index in [4.69, 9.17) is 16.7 Å². The summed E-state index contributed by atoms with van der Waals surface area (Å²) < 4.78 is 5.18. The van der Waals surface area contributed by atoms with Gasteiger partial charge in [-0.15, -0.1) is 11.3 Å². The molecule has 2 aromatic heterocycles. The number of carboxylic acid groups (broad SMARTS) is 1. The van der Waals surface area contributed by atoms with Crippen molar-refractivity contribution < 1.29 is 19.2 Å². The monoisotopic (exact) mass is 300 g/mol.